The predicted octanol–water partition coefficient (Wildman–Crippen LogP) is 4.09. The van der Waals surface area contributed by atoms with Gasteiger partial charge in [0.1, 0.15) is 35.2 Å². The first-order valence-corrected chi connectivity index (χ1v) is 14.3. The summed E-state index contributed by atoms with van der Waals surface area (Å²) < 4.78 is 17.8. The third kappa shape index (κ3) is 6.27. The predicted molar refractivity (Wildman–Crippen MR) is 164 cm³/mol. The van der Waals surface area contributed by atoms with E-state index in [2.05, 4.69) is 21.7 Å². The molecule has 10 nitrogen and oxygen atoms in total. The molecule has 222 valence electrons. The number of piperidine rings is 1. The molecule has 3 aromatic carbocycles. The molecule has 2 amide bonds. The zero-order chi connectivity index (χ0) is 30.5. The summed E-state index contributed by atoms with van der Waals surface area (Å²) in [7, 11) is 1.57. The van der Waals surface area contributed by atoms with E-state index in [4.69, 9.17) is 14.2 Å². The first-order chi connectivity index (χ1) is 21.5. The molecule has 0 saturated carbocycles. The van der Waals surface area contributed by atoms with Crippen LogP contribution < -0.4 is 29.7 Å². The summed E-state index contributed by atoms with van der Waals surface area (Å²) in [5.41, 5.74) is 3.30. The molecule has 0 unspecified atom stereocenters. The Morgan fingerprint density at radius 2 is 1.86 bits per heavy atom. The van der Waals surface area contributed by atoms with Crippen LogP contribution in [0.25, 0.3) is 11.1 Å². The van der Waals surface area contributed by atoms with Crippen LogP contribution in [0.5, 0.6) is 17.2 Å². The Bertz CT molecular complexity index is 1720. The van der Waals surface area contributed by atoms with E-state index in [0.717, 1.165) is 11.1 Å². The summed E-state index contributed by atoms with van der Waals surface area (Å²) in [5, 5.41) is 15.8. The Hall–Kier alpha value is -5.56. The normalized spacial score (nSPS) is 18.4. The molecule has 0 spiro atoms. The van der Waals surface area contributed by atoms with Gasteiger partial charge >= 0.3 is 0 Å². The van der Waals surface area contributed by atoms with Crippen molar-refractivity contribution in [3.63, 3.8) is 0 Å². The lowest BCUT2D eigenvalue weighted by molar-refractivity contribution is -0.123. The molecule has 1 aromatic heterocycles. The third-order valence-corrected chi connectivity index (χ3v) is 7.75. The molecular formula is C34H31N5O5. The fourth-order valence-electron chi connectivity index (χ4n) is 5.48. The van der Waals surface area contributed by atoms with Crippen molar-refractivity contribution in [1.29, 1.82) is 5.26 Å². The highest BCUT2D eigenvalue weighted by Crippen LogP contribution is 2.33. The fourth-order valence-corrected chi connectivity index (χ4v) is 5.48. The number of rotatable bonds is 2. The van der Waals surface area contributed by atoms with Crippen LogP contribution in [-0.4, -0.2) is 55.8 Å². The number of benzene rings is 3. The molecule has 4 aromatic rings. The number of carbonyl (C=O) groups is 2. The topological polar surface area (TPSA) is 126 Å². The van der Waals surface area contributed by atoms with E-state index in [1.807, 2.05) is 47.4 Å². The quantitative estimate of drug-likeness (QED) is 0.358. The van der Waals surface area contributed by atoms with Gasteiger partial charge in [0, 0.05) is 43.4 Å². The van der Waals surface area contributed by atoms with Gasteiger partial charge in [0.2, 0.25) is 0 Å². The molecule has 6 bridgehead atoms. The second-order valence-electron chi connectivity index (χ2n) is 10.6. The van der Waals surface area contributed by atoms with Crippen LogP contribution in [0.1, 0.15) is 27.9 Å². The van der Waals surface area contributed by atoms with E-state index in [1.54, 1.807) is 49.7 Å². The summed E-state index contributed by atoms with van der Waals surface area (Å²) in [6.07, 6.45) is 1.91. The van der Waals surface area contributed by atoms with Gasteiger partial charge in [-0.15, -0.1) is 0 Å². The van der Waals surface area contributed by atoms with Gasteiger partial charge in [-0.3, -0.25) is 9.59 Å². The Morgan fingerprint density at radius 1 is 1.00 bits per heavy atom. The lowest BCUT2D eigenvalue weighted by atomic mass is 9.99. The number of hydrogen-bond acceptors (Lipinski definition) is 8. The zero-order valence-electron chi connectivity index (χ0n) is 24.2. The maximum Gasteiger partial charge on any atom is 0.258 e. The first kappa shape index (κ1) is 28.6. The highest BCUT2D eigenvalue weighted by Gasteiger charge is 2.34. The van der Waals surface area contributed by atoms with Gasteiger partial charge in [0.05, 0.1) is 18.7 Å². The molecule has 0 radical (unpaired) electrons. The minimum atomic E-state index is -0.420. The van der Waals surface area contributed by atoms with Gasteiger partial charge in [-0.25, -0.2) is 4.98 Å². The Morgan fingerprint density at radius 3 is 2.68 bits per heavy atom. The summed E-state index contributed by atoms with van der Waals surface area (Å²) in [5.74, 6) is 1.81. The van der Waals surface area contributed by atoms with E-state index >= 15 is 0 Å². The number of carbonyl (C=O) groups excluding carboxylic acids is 2. The zero-order valence-corrected chi connectivity index (χ0v) is 24.2. The van der Waals surface area contributed by atoms with Crippen LogP contribution in [0.2, 0.25) is 0 Å². The molecule has 3 aliphatic heterocycles. The van der Waals surface area contributed by atoms with Crippen molar-refractivity contribution >= 4 is 17.6 Å². The van der Waals surface area contributed by atoms with E-state index in [-0.39, 0.29) is 24.5 Å². The van der Waals surface area contributed by atoms with Gasteiger partial charge in [-0.05, 0) is 65.7 Å². The van der Waals surface area contributed by atoms with Gasteiger partial charge in [-0.2, -0.15) is 5.26 Å². The Kier molecular flexibility index (Phi) is 8.28. The fraction of sp³-hybridized carbons (Fsp3) is 0.235. The number of nitrogens with one attached hydrogen (secondary N) is 2. The van der Waals surface area contributed by atoms with Crippen LogP contribution >= 0.6 is 0 Å². The Labute approximate surface area is 255 Å². The molecule has 7 rings (SSSR count). The first-order valence-electron chi connectivity index (χ1n) is 14.3. The highest BCUT2D eigenvalue weighted by molar-refractivity contribution is 5.96. The number of fused-ring (bicyclic) bond motifs is 7. The van der Waals surface area contributed by atoms with Crippen molar-refractivity contribution in [3.8, 4) is 34.4 Å². The molecule has 3 aliphatic rings. The molecule has 2 atom stereocenters. The van der Waals surface area contributed by atoms with Crippen LogP contribution in [0.15, 0.2) is 85.1 Å². The van der Waals surface area contributed by atoms with Crippen LogP contribution in [0.4, 0.5) is 5.82 Å². The van der Waals surface area contributed by atoms with Crippen molar-refractivity contribution in [3.05, 3.63) is 102 Å². The van der Waals surface area contributed by atoms with Gasteiger partial charge in [-0.1, -0.05) is 24.3 Å². The van der Waals surface area contributed by atoms with Crippen molar-refractivity contribution in [2.24, 2.45) is 0 Å². The van der Waals surface area contributed by atoms with Crippen LogP contribution in [0, 0.1) is 11.3 Å². The second-order valence-corrected chi connectivity index (χ2v) is 10.6. The van der Waals surface area contributed by atoms with Gasteiger partial charge < -0.3 is 29.7 Å². The van der Waals surface area contributed by atoms with Gasteiger partial charge in [0.15, 0.2) is 6.61 Å². The number of nitriles is 1. The largest absolute Gasteiger partial charge is 0.496 e. The highest BCUT2D eigenvalue weighted by atomic mass is 16.5. The number of anilines is 1. The van der Waals surface area contributed by atoms with E-state index < -0.39 is 6.04 Å². The molecule has 44 heavy (non-hydrogen) atoms. The Balaban J connectivity index is 1.36. The standard InChI is InChI=1S/C34H31N5O5/c1-42-30-12-9-24-17-28(30)23-4-2-6-27(16-23)43-21-32(40)37-19-22-7-10-26(11-8-22)44-31-13-15-39(20-29(31)38-34(24)41)33-25(18-35)5-3-14-36-33/h2-12,14,16-17,29,31H,13,15,19-21H2,1H3,(H,37,40)(H,38,41)/t29-,31-/m1/s1. The average Bonchev–Trinajstić information content (AvgIpc) is 3.07. The lowest BCUT2D eigenvalue weighted by Crippen LogP contribution is -2.57. The number of hydrogen-bond donors (Lipinski definition) is 2. The van der Waals surface area contributed by atoms with E-state index in [1.165, 1.54) is 0 Å². The number of aromatic nitrogens is 1. The average molecular weight is 590 g/mol. The number of methoxy groups -OCH3 is 1. The van der Waals surface area contributed by atoms with Crippen molar-refractivity contribution in [2.45, 2.75) is 25.1 Å². The molecule has 0 aliphatic carbocycles. The van der Waals surface area contributed by atoms with Crippen LogP contribution in [-0.2, 0) is 11.3 Å². The smallest absolute Gasteiger partial charge is 0.258 e. The second kappa shape index (κ2) is 12.8. The molecule has 10 heteroatoms. The molecule has 2 N–H and O–H groups in total. The maximum atomic E-state index is 13.8. The molecular weight excluding hydrogens is 558 g/mol. The monoisotopic (exact) mass is 589 g/mol. The van der Waals surface area contributed by atoms with Crippen LogP contribution in [0.3, 0.4) is 0 Å². The number of pyridine rings is 1. The SMILES string of the molecule is COc1ccc2cc1-c1cccc(c1)OCC(=O)NCc1ccc(cc1)O[C@@H]1CCN(c3ncccc3C#N)C[C@H]1NC2=O. The summed E-state index contributed by atoms with van der Waals surface area (Å²) >= 11 is 0. The summed E-state index contributed by atoms with van der Waals surface area (Å²) in [6, 6.07) is 25.3. The lowest BCUT2D eigenvalue weighted by Gasteiger charge is -2.39. The van der Waals surface area contributed by atoms with Crippen molar-refractivity contribution in [1.82, 2.24) is 15.6 Å². The van der Waals surface area contributed by atoms with Gasteiger partial charge in [0.25, 0.3) is 11.8 Å². The van der Waals surface area contributed by atoms with E-state index in [0.29, 0.717) is 65.8 Å². The molecule has 4 heterocycles. The minimum absolute atomic E-state index is 0.140. The molecule has 1 saturated heterocycles. The van der Waals surface area contributed by atoms with Crippen molar-refractivity contribution in [2.75, 3.05) is 31.7 Å². The van der Waals surface area contributed by atoms with E-state index in [9.17, 15) is 14.9 Å². The summed E-state index contributed by atoms with van der Waals surface area (Å²) in [6.45, 7) is 1.19. The number of nitrogens with zero attached hydrogens (tertiary/aromatic N) is 3. The third-order valence-electron chi connectivity index (χ3n) is 7.75. The maximum absolute atomic E-state index is 13.8. The number of amides is 2. The summed E-state index contributed by atoms with van der Waals surface area (Å²) in [4.78, 5) is 32.8. The van der Waals surface area contributed by atoms with Crippen molar-refractivity contribution < 1.29 is 23.8 Å². The minimum Gasteiger partial charge on any atom is -0.496 e. The number of ether oxygens (including phenoxy) is 3. The molecule has 1 fully saturated rings.